The van der Waals surface area contributed by atoms with Gasteiger partial charge in [-0.05, 0) is 43.2 Å². The van der Waals surface area contributed by atoms with Crippen LogP contribution in [0, 0.1) is 0 Å². The van der Waals surface area contributed by atoms with Crippen LogP contribution >= 0.6 is 11.6 Å². The molecule has 2 heterocycles. The Hall–Kier alpha value is -2.82. The van der Waals surface area contributed by atoms with Crippen LogP contribution in [0.4, 0.5) is 0 Å². The van der Waals surface area contributed by atoms with E-state index in [4.69, 9.17) is 16.3 Å². The maximum absolute atomic E-state index is 13.0. The Labute approximate surface area is 183 Å². The molecular weight excluding hydrogens is 444 g/mol. The van der Waals surface area contributed by atoms with Gasteiger partial charge in [-0.15, -0.1) is 5.10 Å². The van der Waals surface area contributed by atoms with Gasteiger partial charge in [0.05, 0.1) is 16.0 Å². The van der Waals surface area contributed by atoms with E-state index in [0.717, 1.165) is 23.9 Å². The molecule has 9 nitrogen and oxygen atoms in total. The van der Waals surface area contributed by atoms with Crippen molar-refractivity contribution in [1.82, 2.24) is 19.3 Å². The molecule has 1 aliphatic heterocycles. The van der Waals surface area contributed by atoms with Gasteiger partial charge in [0.1, 0.15) is 10.4 Å². The highest BCUT2D eigenvalue weighted by atomic mass is 35.5. The van der Waals surface area contributed by atoms with Crippen molar-refractivity contribution in [2.24, 2.45) is 0 Å². The van der Waals surface area contributed by atoms with E-state index in [2.05, 4.69) is 10.3 Å². The zero-order valence-corrected chi connectivity index (χ0v) is 18.0. The third-order valence-electron chi connectivity index (χ3n) is 5.05. The number of piperidine rings is 1. The largest absolute Gasteiger partial charge is 0.439 e. The Morgan fingerprint density at radius 1 is 1.10 bits per heavy atom. The third-order valence-corrected chi connectivity index (χ3v) is 7.43. The average Bonchev–Trinajstić information content (AvgIpc) is 2.79. The lowest BCUT2D eigenvalue weighted by atomic mass is 10.2. The molecule has 4 rings (SSSR count). The molecule has 1 aliphatic rings. The van der Waals surface area contributed by atoms with Crippen LogP contribution in [0.1, 0.15) is 29.6 Å². The van der Waals surface area contributed by atoms with E-state index in [1.165, 1.54) is 22.5 Å². The number of sulfonamides is 1. The number of hydrogen-bond donors (Lipinski definition) is 0. The molecular formula is C20H19ClN4O5S. The lowest BCUT2D eigenvalue weighted by Gasteiger charge is -2.26. The van der Waals surface area contributed by atoms with Crippen LogP contribution in [-0.4, -0.2) is 46.8 Å². The molecule has 0 aliphatic carbocycles. The Morgan fingerprint density at radius 3 is 2.61 bits per heavy atom. The molecule has 11 heteroatoms. The number of aromatic nitrogens is 3. The fraction of sp³-hybridized carbons (Fsp3) is 0.300. The highest BCUT2D eigenvalue weighted by molar-refractivity contribution is 7.89. The Balaban J connectivity index is 1.55. The monoisotopic (exact) mass is 462 g/mol. The summed E-state index contributed by atoms with van der Waals surface area (Å²) < 4.78 is 33.4. The van der Waals surface area contributed by atoms with E-state index in [0.29, 0.717) is 24.0 Å². The van der Waals surface area contributed by atoms with Gasteiger partial charge in [-0.2, -0.15) is 8.99 Å². The van der Waals surface area contributed by atoms with Gasteiger partial charge in [0.15, 0.2) is 6.73 Å². The van der Waals surface area contributed by atoms with Crippen LogP contribution in [0.2, 0.25) is 5.02 Å². The lowest BCUT2D eigenvalue weighted by molar-refractivity contribution is 0.0336. The van der Waals surface area contributed by atoms with Crippen LogP contribution in [0.25, 0.3) is 10.9 Å². The molecule has 1 aromatic heterocycles. The highest BCUT2D eigenvalue weighted by Crippen LogP contribution is 2.28. The van der Waals surface area contributed by atoms with E-state index in [1.54, 1.807) is 24.3 Å². The Bertz CT molecular complexity index is 1300. The topological polar surface area (TPSA) is 111 Å². The first-order valence-electron chi connectivity index (χ1n) is 9.67. The minimum atomic E-state index is -3.83. The minimum Gasteiger partial charge on any atom is -0.439 e. The second kappa shape index (κ2) is 8.74. The maximum atomic E-state index is 13.0. The SMILES string of the molecule is O=C(OCn1nnc2ccccc2c1=O)c1ccc(Cl)c(S(=O)(=O)N2CCCCC2)c1. The second-order valence-corrected chi connectivity index (χ2v) is 9.40. The quantitative estimate of drug-likeness (QED) is 0.535. The van der Waals surface area contributed by atoms with Gasteiger partial charge in [0.2, 0.25) is 10.0 Å². The number of halogens is 1. The molecule has 0 saturated carbocycles. The van der Waals surface area contributed by atoms with E-state index in [1.807, 2.05) is 0 Å². The van der Waals surface area contributed by atoms with E-state index >= 15 is 0 Å². The molecule has 0 spiro atoms. The van der Waals surface area contributed by atoms with E-state index in [9.17, 15) is 18.0 Å². The normalized spacial score (nSPS) is 15.1. The number of carbonyl (C=O) groups is 1. The molecule has 162 valence electrons. The van der Waals surface area contributed by atoms with Gasteiger partial charge >= 0.3 is 5.97 Å². The van der Waals surface area contributed by atoms with Gasteiger partial charge < -0.3 is 4.74 Å². The summed E-state index contributed by atoms with van der Waals surface area (Å²) in [5.41, 5.74) is -0.0232. The fourth-order valence-electron chi connectivity index (χ4n) is 3.38. The number of hydrogen-bond acceptors (Lipinski definition) is 7. The third kappa shape index (κ3) is 4.32. The van der Waals surface area contributed by atoms with Crippen molar-refractivity contribution in [2.75, 3.05) is 13.1 Å². The smallest absolute Gasteiger partial charge is 0.339 e. The molecule has 1 fully saturated rings. The average molecular weight is 463 g/mol. The number of ether oxygens (including phenoxy) is 1. The summed E-state index contributed by atoms with van der Waals surface area (Å²) in [5.74, 6) is -0.811. The molecule has 1 saturated heterocycles. The summed E-state index contributed by atoms with van der Waals surface area (Å²) in [4.78, 5) is 24.8. The molecule has 0 amide bonds. The second-order valence-electron chi connectivity index (χ2n) is 7.08. The number of fused-ring (bicyclic) bond motifs is 1. The first kappa shape index (κ1) is 21.4. The standard InChI is InChI=1S/C20H19ClN4O5S/c21-16-9-8-14(12-18(16)31(28,29)24-10-4-1-5-11-24)20(27)30-13-25-19(26)15-6-2-3-7-17(15)22-23-25/h2-3,6-9,12H,1,4-5,10-11,13H2. The van der Waals surface area contributed by atoms with Gasteiger partial charge in [-0.1, -0.05) is 35.4 Å². The summed E-state index contributed by atoms with van der Waals surface area (Å²) in [6.45, 7) is 0.361. The van der Waals surface area contributed by atoms with Gasteiger partial charge in [-0.25, -0.2) is 13.2 Å². The number of rotatable bonds is 5. The van der Waals surface area contributed by atoms with Crippen molar-refractivity contribution in [2.45, 2.75) is 30.9 Å². The van der Waals surface area contributed by atoms with Crippen LogP contribution in [0.3, 0.4) is 0 Å². The van der Waals surface area contributed by atoms with E-state index < -0.39 is 28.3 Å². The molecule has 0 atom stereocenters. The summed E-state index contributed by atoms with van der Waals surface area (Å²) in [6, 6.07) is 10.6. The number of esters is 1. The molecule has 0 bridgehead atoms. The summed E-state index contributed by atoms with van der Waals surface area (Å²) in [5, 5.41) is 8.05. The Kier molecular flexibility index (Phi) is 6.03. The lowest BCUT2D eigenvalue weighted by Crippen LogP contribution is -2.35. The zero-order valence-electron chi connectivity index (χ0n) is 16.4. The molecule has 3 aromatic rings. The van der Waals surface area contributed by atoms with Crippen LogP contribution in [-0.2, 0) is 21.5 Å². The number of benzene rings is 2. The summed E-state index contributed by atoms with van der Waals surface area (Å²) in [6.07, 6.45) is 2.53. The maximum Gasteiger partial charge on any atom is 0.339 e. The van der Waals surface area contributed by atoms with Gasteiger partial charge in [0, 0.05) is 13.1 Å². The first-order valence-corrected chi connectivity index (χ1v) is 11.5. The number of carbonyl (C=O) groups excluding carboxylic acids is 1. The first-order chi connectivity index (χ1) is 14.9. The predicted molar refractivity (Wildman–Crippen MR) is 113 cm³/mol. The van der Waals surface area contributed by atoms with Crippen LogP contribution in [0.15, 0.2) is 52.2 Å². The summed E-state index contributed by atoms with van der Waals surface area (Å²) in [7, 11) is -3.83. The summed E-state index contributed by atoms with van der Waals surface area (Å²) >= 11 is 6.13. The molecule has 2 aromatic carbocycles. The molecule has 0 radical (unpaired) electrons. The minimum absolute atomic E-state index is 0.00165. The fourth-order valence-corrected chi connectivity index (χ4v) is 5.40. The van der Waals surface area contributed by atoms with Crippen molar-refractivity contribution >= 4 is 38.5 Å². The van der Waals surface area contributed by atoms with Crippen molar-refractivity contribution in [3.63, 3.8) is 0 Å². The number of nitrogens with zero attached hydrogens (tertiary/aromatic N) is 4. The van der Waals surface area contributed by atoms with Crippen molar-refractivity contribution in [3.8, 4) is 0 Å². The van der Waals surface area contributed by atoms with Crippen molar-refractivity contribution in [3.05, 3.63) is 63.4 Å². The van der Waals surface area contributed by atoms with Gasteiger partial charge in [0.25, 0.3) is 5.56 Å². The van der Waals surface area contributed by atoms with Crippen molar-refractivity contribution in [1.29, 1.82) is 0 Å². The van der Waals surface area contributed by atoms with Crippen LogP contribution < -0.4 is 5.56 Å². The van der Waals surface area contributed by atoms with Crippen LogP contribution in [0.5, 0.6) is 0 Å². The van der Waals surface area contributed by atoms with Gasteiger partial charge in [-0.3, -0.25) is 4.79 Å². The highest BCUT2D eigenvalue weighted by Gasteiger charge is 2.29. The molecule has 31 heavy (non-hydrogen) atoms. The molecule has 0 N–H and O–H groups in total. The van der Waals surface area contributed by atoms with Crippen molar-refractivity contribution < 1.29 is 17.9 Å². The molecule has 0 unspecified atom stereocenters. The Morgan fingerprint density at radius 2 is 1.84 bits per heavy atom. The van der Waals surface area contributed by atoms with E-state index in [-0.39, 0.29) is 15.5 Å². The zero-order chi connectivity index (χ0) is 22.0. The predicted octanol–water partition coefficient (Wildman–Crippen LogP) is 2.43.